The Balaban J connectivity index is 0.00000242. The number of nitrogens with one attached hydrogen (secondary N) is 1. The maximum absolute atomic E-state index is 5.78. The van der Waals surface area contributed by atoms with Crippen molar-refractivity contribution in [2.45, 2.75) is 26.4 Å². The van der Waals surface area contributed by atoms with Crippen LogP contribution in [0.25, 0.3) is 0 Å². The molecule has 1 fully saturated rings. The lowest BCUT2D eigenvalue weighted by Crippen LogP contribution is -2.35. The van der Waals surface area contributed by atoms with Gasteiger partial charge < -0.3 is 15.8 Å². The summed E-state index contributed by atoms with van der Waals surface area (Å²) in [5.74, 6) is 0.522. The molecule has 0 bridgehead atoms. The molecule has 0 radical (unpaired) electrons. The summed E-state index contributed by atoms with van der Waals surface area (Å²) >= 11 is 0. The largest absolute Gasteiger partial charge is 0.379 e. The van der Waals surface area contributed by atoms with E-state index in [1.807, 2.05) is 0 Å². The lowest BCUT2D eigenvalue weighted by molar-refractivity contribution is 0.0342. The SMILES string of the molecule is CCCNC(N)=NCc1ccc(CN2CCOCC2)cc1.I. The van der Waals surface area contributed by atoms with Gasteiger partial charge in [0, 0.05) is 26.2 Å². The minimum absolute atomic E-state index is 0. The summed E-state index contributed by atoms with van der Waals surface area (Å²) in [6.07, 6.45) is 1.05. The number of morpholine rings is 1. The maximum atomic E-state index is 5.78. The van der Waals surface area contributed by atoms with Crippen molar-refractivity contribution in [2.75, 3.05) is 32.8 Å². The van der Waals surface area contributed by atoms with E-state index in [9.17, 15) is 0 Å². The molecule has 0 amide bonds. The van der Waals surface area contributed by atoms with Crippen LogP contribution in [0, 0.1) is 0 Å². The number of benzene rings is 1. The van der Waals surface area contributed by atoms with Crippen LogP contribution in [0.15, 0.2) is 29.3 Å². The minimum Gasteiger partial charge on any atom is -0.379 e. The second-order valence-electron chi connectivity index (χ2n) is 5.33. The molecule has 0 saturated carbocycles. The van der Waals surface area contributed by atoms with Crippen LogP contribution in [0.1, 0.15) is 24.5 Å². The Kier molecular flexibility index (Phi) is 9.42. The number of halogens is 1. The third kappa shape index (κ3) is 6.93. The van der Waals surface area contributed by atoms with Gasteiger partial charge in [-0.2, -0.15) is 0 Å². The number of hydrogen-bond acceptors (Lipinski definition) is 3. The molecule has 1 aromatic rings. The Morgan fingerprint density at radius 3 is 2.50 bits per heavy atom. The zero-order chi connectivity index (χ0) is 14.9. The van der Waals surface area contributed by atoms with E-state index in [1.165, 1.54) is 11.1 Å². The molecule has 1 saturated heterocycles. The molecule has 0 unspecified atom stereocenters. The van der Waals surface area contributed by atoms with E-state index in [1.54, 1.807) is 0 Å². The summed E-state index contributed by atoms with van der Waals surface area (Å²) in [6.45, 7) is 8.32. The maximum Gasteiger partial charge on any atom is 0.188 e. The van der Waals surface area contributed by atoms with Crippen molar-refractivity contribution < 1.29 is 4.74 Å². The fraction of sp³-hybridized carbons (Fsp3) is 0.562. The van der Waals surface area contributed by atoms with Crippen LogP contribution in [-0.2, 0) is 17.8 Å². The number of aliphatic imine (C=N–C) groups is 1. The van der Waals surface area contributed by atoms with Crippen LogP contribution in [0.4, 0.5) is 0 Å². The molecular weight excluding hydrogens is 391 g/mol. The first-order valence-corrected chi connectivity index (χ1v) is 7.69. The first kappa shape index (κ1) is 19.2. The van der Waals surface area contributed by atoms with Crippen molar-refractivity contribution in [1.29, 1.82) is 0 Å². The van der Waals surface area contributed by atoms with E-state index in [-0.39, 0.29) is 24.0 Å². The second kappa shape index (κ2) is 10.8. The van der Waals surface area contributed by atoms with Gasteiger partial charge in [0.15, 0.2) is 5.96 Å². The van der Waals surface area contributed by atoms with Gasteiger partial charge >= 0.3 is 0 Å². The molecule has 0 aromatic heterocycles. The molecule has 2 rings (SSSR count). The predicted molar refractivity (Wildman–Crippen MR) is 102 cm³/mol. The average molecular weight is 418 g/mol. The number of ether oxygens (including phenoxy) is 1. The number of nitrogens with zero attached hydrogens (tertiary/aromatic N) is 2. The molecular formula is C16H27IN4O. The second-order valence-corrected chi connectivity index (χ2v) is 5.33. The van der Waals surface area contributed by atoms with Crippen LogP contribution in [0.2, 0.25) is 0 Å². The van der Waals surface area contributed by atoms with Crippen molar-refractivity contribution in [1.82, 2.24) is 10.2 Å². The summed E-state index contributed by atoms with van der Waals surface area (Å²) in [5.41, 5.74) is 8.30. The highest BCUT2D eigenvalue weighted by molar-refractivity contribution is 14.0. The smallest absolute Gasteiger partial charge is 0.188 e. The van der Waals surface area contributed by atoms with E-state index >= 15 is 0 Å². The van der Waals surface area contributed by atoms with Gasteiger partial charge in [-0.05, 0) is 17.5 Å². The van der Waals surface area contributed by atoms with E-state index in [4.69, 9.17) is 10.5 Å². The zero-order valence-corrected chi connectivity index (χ0v) is 15.6. The van der Waals surface area contributed by atoms with Crippen molar-refractivity contribution >= 4 is 29.9 Å². The van der Waals surface area contributed by atoms with Crippen molar-refractivity contribution in [3.8, 4) is 0 Å². The molecule has 0 aliphatic carbocycles. The topological polar surface area (TPSA) is 62.9 Å². The predicted octanol–water partition coefficient (Wildman–Crippen LogP) is 1.95. The first-order valence-electron chi connectivity index (χ1n) is 7.69. The Labute approximate surface area is 150 Å². The van der Waals surface area contributed by atoms with Gasteiger partial charge in [-0.1, -0.05) is 31.2 Å². The molecule has 5 nitrogen and oxygen atoms in total. The van der Waals surface area contributed by atoms with E-state index in [2.05, 4.69) is 46.4 Å². The molecule has 124 valence electrons. The molecule has 22 heavy (non-hydrogen) atoms. The molecule has 1 aliphatic heterocycles. The lowest BCUT2D eigenvalue weighted by Gasteiger charge is -2.26. The third-order valence-electron chi connectivity index (χ3n) is 3.52. The Bertz CT molecular complexity index is 444. The highest BCUT2D eigenvalue weighted by atomic mass is 127. The van der Waals surface area contributed by atoms with Crippen LogP contribution in [0.3, 0.4) is 0 Å². The van der Waals surface area contributed by atoms with Crippen molar-refractivity contribution in [3.05, 3.63) is 35.4 Å². The molecule has 6 heteroatoms. The lowest BCUT2D eigenvalue weighted by atomic mass is 10.1. The standard InChI is InChI=1S/C16H26N4O.HI/c1-2-7-18-16(17)19-12-14-3-5-15(6-4-14)13-20-8-10-21-11-9-20;/h3-6H,2,7-13H2,1H3,(H3,17,18,19);1H. The monoisotopic (exact) mass is 418 g/mol. The van der Waals surface area contributed by atoms with Gasteiger partial charge in [0.2, 0.25) is 0 Å². The number of hydrogen-bond donors (Lipinski definition) is 2. The van der Waals surface area contributed by atoms with Gasteiger partial charge in [-0.25, -0.2) is 4.99 Å². The Morgan fingerprint density at radius 1 is 1.23 bits per heavy atom. The normalized spacial score (nSPS) is 16.1. The van der Waals surface area contributed by atoms with Gasteiger partial charge in [0.25, 0.3) is 0 Å². The quantitative estimate of drug-likeness (QED) is 0.421. The number of guanidine groups is 1. The summed E-state index contributed by atoms with van der Waals surface area (Å²) in [6, 6.07) is 8.62. The van der Waals surface area contributed by atoms with E-state index in [0.717, 1.165) is 45.8 Å². The van der Waals surface area contributed by atoms with Crippen LogP contribution in [0.5, 0.6) is 0 Å². The fourth-order valence-electron chi connectivity index (χ4n) is 2.25. The zero-order valence-electron chi connectivity index (χ0n) is 13.3. The van der Waals surface area contributed by atoms with Gasteiger partial charge in [-0.15, -0.1) is 24.0 Å². The first-order chi connectivity index (χ1) is 10.3. The molecule has 0 atom stereocenters. The molecule has 3 N–H and O–H groups in total. The molecule has 0 spiro atoms. The van der Waals surface area contributed by atoms with Crippen LogP contribution >= 0.6 is 24.0 Å². The van der Waals surface area contributed by atoms with Gasteiger partial charge in [-0.3, -0.25) is 4.90 Å². The van der Waals surface area contributed by atoms with Crippen LogP contribution < -0.4 is 11.1 Å². The molecule has 1 heterocycles. The van der Waals surface area contributed by atoms with Gasteiger partial charge in [0.05, 0.1) is 19.8 Å². The number of rotatable bonds is 6. The minimum atomic E-state index is 0. The summed E-state index contributed by atoms with van der Waals surface area (Å²) < 4.78 is 5.36. The number of nitrogens with two attached hydrogens (primary N) is 1. The highest BCUT2D eigenvalue weighted by Gasteiger charge is 2.10. The van der Waals surface area contributed by atoms with Crippen molar-refractivity contribution in [2.24, 2.45) is 10.7 Å². The summed E-state index contributed by atoms with van der Waals surface area (Å²) in [5, 5.41) is 3.08. The molecule has 1 aromatic carbocycles. The fourth-order valence-corrected chi connectivity index (χ4v) is 2.25. The van der Waals surface area contributed by atoms with Crippen molar-refractivity contribution in [3.63, 3.8) is 0 Å². The highest BCUT2D eigenvalue weighted by Crippen LogP contribution is 2.09. The van der Waals surface area contributed by atoms with E-state index < -0.39 is 0 Å². The Hall–Kier alpha value is -0.860. The average Bonchev–Trinajstić information content (AvgIpc) is 2.53. The summed E-state index contributed by atoms with van der Waals surface area (Å²) in [4.78, 5) is 6.75. The van der Waals surface area contributed by atoms with Crippen LogP contribution in [-0.4, -0.2) is 43.7 Å². The summed E-state index contributed by atoms with van der Waals surface area (Å²) in [7, 11) is 0. The third-order valence-corrected chi connectivity index (χ3v) is 3.52. The van der Waals surface area contributed by atoms with Gasteiger partial charge in [0.1, 0.15) is 0 Å². The molecule has 1 aliphatic rings. The Morgan fingerprint density at radius 2 is 1.86 bits per heavy atom. The van der Waals surface area contributed by atoms with E-state index in [0.29, 0.717) is 12.5 Å².